The maximum Gasteiger partial charge on any atom is 0.197 e. The van der Waals surface area contributed by atoms with Crippen molar-refractivity contribution in [1.82, 2.24) is 20.4 Å². The molecule has 4 aromatic rings. The first-order valence-electron chi connectivity index (χ1n) is 12.2. The molecule has 1 fully saturated rings. The molecule has 2 aliphatic heterocycles. The standard InChI is InChI=1S/C28H26F2N6O/c1-31-13-16-8-21(29)27(22(30)9-16)19-11-20-24(12-23(19)32-2)33-34-28(20)17-4-5-25-26(10-17)37-15-18-14-35(3)6-7-36(18)25/h4-5,8-12,18,31H,6-7,13-15H2,1,3H3,(H,33,34). The second-order valence-corrected chi connectivity index (χ2v) is 9.67. The first-order valence-corrected chi connectivity index (χ1v) is 12.2. The normalized spacial score (nSPS) is 17.3. The molecule has 37 heavy (non-hydrogen) atoms. The van der Waals surface area contributed by atoms with Gasteiger partial charge in [-0.25, -0.2) is 13.6 Å². The van der Waals surface area contributed by atoms with E-state index in [1.807, 2.05) is 12.1 Å². The summed E-state index contributed by atoms with van der Waals surface area (Å²) in [5.41, 5.74) is 3.77. The zero-order chi connectivity index (χ0) is 25.7. The monoisotopic (exact) mass is 500 g/mol. The smallest absolute Gasteiger partial charge is 0.197 e. The van der Waals surface area contributed by atoms with E-state index in [0.29, 0.717) is 41.4 Å². The number of hydrogen-bond donors (Lipinski definition) is 2. The van der Waals surface area contributed by atoms with Crippen molar-refractivity contribution >= 4 is 22.3 Å². The third kappa shape index (κ3) is 3.99. The lowest BCUT2D eigenvalue weighted by atomic mass is 9.97. The Bertz CT molecular complexity index is 1540. The molecule has 0 bridgehead atoms. The molecule has 188 valence electrons. The van der Waals surface area contributed by atoms with Gasteiger partial charge in [-0.05, 0) is 55.6 Å². The molecule has 6 rings (SSSR count). The highest BCUT2D eigenvalue weighted by Crippen LogP contribution is 2.42. The van der Waals surface area contributed by atoms with Crippen LogP contribution in [0.3, 0.4) is 0 Å². The number of rotatable bonds is 4. The quantitative estimate of drug-likeness (QED) is 0.388. The molecule has 2 N–H and O–H groups in total. The first-order chi connectivity index (χ1) is 18.0. The highest BCUT2D eigenvalue weighted by Gasteiger charge is 2.32. The van der Waals surface area contributed by atoms with Crippen molar-refractivity contribution in [3.63, 3.8) is 0 Å². The Morgan fingerprint density at radius 3 is 2.73 bits per heavy atom. The van der Waals surface area contributed by atoms with Crippen LogP contribution in [0, 0.1) is 18.2 Å². The Kier molecular flexibility index (Phi) is 5.78. The van der Waals surface area contributed by atoms with E-state index in [2.05, 4.69) is 43.3 Å². The summed E-state index contributed by atoms with van der Waals surface area (Å²) in [4.78, 5) is 8.26. The van der Waals surface area contributed by atoms with Gasteiger partial charge in [0.25, 0.3) is 0 Å². The fourth-order valence-corrected chi connectivity index (χ4v) is 5.43. The lowest BCUT2D eigenvalue weighted by Crippen LogP contribution is -2.56. The average Bonchev–Trinajstić information content (AvgIpc) is 3.30. The molecule has 0 spiro atoms. The van der Waals surface area contributed by atoms with Gasteiger partial charge in [-0.2, -0.15) is 5.10 Å². The largest absolute Gasteiger partial charge is 0.489 e. The molecular formula is C28H26F2N6O. The molecule has 7 nitrogen and oxygen atoms in total. The van der Waals surface area contributed by atoms with E-state index in [1.165, 1.54) is 12.1 Å². The maximum absolute atomic E-state index is 15.1. The molecule has 1 aromatic heterocycles. The van der Waals surface area contributed by atoms with Crippen LogP contribution in [0.1, 0.15) is 5.56 Å². The van der Waals surface area contributed by atoms with Crippen LogP contribution < -0.4 is 15.0 Å². The van der Waals surface area contributed by atoms with Crippen molar-refractivity contribution in [2.24, 2.45) is 0 Å². The Morgan fingerprint density at radius 2 is 1.97 bits per heavy atom. The van der Waals surface area contributed by atoms with Crippen LogP contribution in [0.15, 0.2) is 42.5 Å². The first kappa shape index (κ1) is 23.4. The van der Waals surface area contributed by atoms with Gasteiger partial charge in [0.15, 0.2) is 5.69 Å². The van der Waals surface area contributed by atoms with Crippen LogP contribution in [-0.2, 0) is 6.54 Å². The summed E-state index contributed by atoms with van der Waals surface area (Å²) < 4.78 is 36.4. The van der Waals surface area contributed by atoms with Gasteiger partial charge in [0.1, 0.15) is 24.0 Å². The van der Waals surface area contributed by atoms with Crippen LogP contribution in [0.5, 0.6) is 5.75 Å². The second kappa shape index (κ2) is 9.14. The number of ether oxygens (including phenoxy) is 1. The number of nitrogens with zero attached hydrogens (tertiary/aromatic N) is 4. The number of halogens is 2. The van der Waals surface area contributed by atoms with E-state index in [-0.39, 0.29) is 16.8 Å². The third-order valence-corrected chi connectivity index (χ3v) is 7.21. The minimum absolute atomic E-state index is 0.150. The van der Waals surface area contributed by atoms with E-state index < -0.39 is 11.6 Å². The Morgan fingerprint density at radius 1 is 1.16 bits per heavy atom. The number of nitrogens with one attached hydrogen (secondary N) is 2. The molecule has 1 unspecified atom stereocenters. The SMILES string of the molecule is [C-]#[N+]c1cc2[nH]nc(-c3ccc4c(c3)OCC3CN(C)CCN43)c2cc1-c1c(F)cc(CNC)cc1F. The molecule has 3 aromatic carbocycles. The number of H-pyrrole nitrogens is 1. The van der Waals surface area contributed by atoms with E-state index >= 15 is 8.78 Å². The van der Waals surface area contributed by atoms with Gasteiger partial charge in [-0.15, -0.1) is 0 Å². The number of fused-ring (bicyclic) bond motifs is 4. The molecule has 3 heterocycles. The van der Waals surface area contributed by atoms with E-state index in [1.54, 1.807) is 19.2 Å². The van der Waals surface area contributed by atoms with Crippen molar-refractivity contribution in [2.75, 3.05) is 45.2 Å². The Balaban J connectivity index is 1.44. The molecule has 0 amide bonds. The fraction of sp³-hybridized carbons (Fsp3) is 0.286. The predicted octanol–water partition coefficient (Wildman–Crippen LogP) is 4.96. The van der Waals surface area contributed by atoms with Crippen LogP contribution in [-0.4, -0.2) is 61.5 Å². The minimum atomic E-state index is -0.705. The van der Waals surface area contributed by atoms with Crippen LogP contribution in [0.4, 0.5) is 20.2 Å². The molecule has 0 aliphatic carbocycles. The summed E-state index contributed by atoms with van der Waals surface area (Å²) >= 11 is 0. The van der Waals surface area contributed by atoms with Gasteiger partial charge in [-0.1, -0.05) is 12.1 Å². The summed E-state index contributed by atoms with van der Waals surface area (Å²) in [6.07, 6.45) is 0. The van der Waals surface area contributed by atoms with E-state index in [4.69, 9.17) is 11.3 Å². The topological polar surface area (TPSA) is 60.8 Å². The minimum Gasteiger partial charge on any atom is -0.489 e. The van der Waals surface area contributed by atoms with Gasteiger partial charge >= 0.3 is 0 Å². The van der Waals surface area contributed by atoms with Gasteiger partial charge in [0.2, 0.25) is 0 Å². The number of likely N-dealkylation sites (N-methyl/N-ethyl adjacent to an activating group) is 1. The van der Waals surface area contributed by atoms with Crippen molar-refractivity contribution in [3.05, 3.63) is 71.1 Å². The highest BCUT2D eigenvalue weighted by molar-refractivity contribution is 6.00. The Labute approximate surface area is 213 Å². The molecule has 0 saturated carbocycles. The highest BCUT2D eigenvalue weighted by atomic mass is 19.1. The van der Waals surface area contributed by atoms with Crippen LogP contribution >= 0.6 is 0 Å². The number of anilines is 1. The summed E-state index contributed by atoms with van der Waals surface area (Å²) in [6.45, 7) is 11.5. The second-order valence-electron chi connectivity index (χ2n) is 9.67. The third-order valence-electron chi connectivity index (χ3n) is 7.21. The number of benzene rings is 3. The van der Waals surface area contributed by atoms with Crippen LogP contribution in [0.2, 0.25) is 0 Å². The predicted molar refractivity (Wildman–Crippen MR) is 140 cm³/mol. The number of aromatic amines is 1. The molecule has 2 aliphatic rings. The summed E-state index contributed by atoms with van der Waals surface area (Å²) in [7, 11) is 3.84. The maximum atomic E-state index is 15.1. The number of hydrogen-bond acceptors (Lipinski definition) is 5. The number of piperazine rings is 1. The fourth-order valence-electron chi connectivity index (χ4n) is 5.43. The molecule has 9 heteroatoms. The van der Waals surface area contributed by atoms with Crippen molar-refractivity contribution in [2.45, 2.75) is 12.6 Å². The van der Waals surface area contributed by atoms with E-state index in [0.717, 1.165) is 36.6 Å². The molecular weight excluding hydrogens is 474 g/mol. The zero-order valence-electron chi connectivity index (χ0n) is 20.6. The van der Waals surface area contributed by atoms with Crippen molar-refractivity contribution in [3.8, 4) is 28.1 Å². The van der Waals surface area contributed by atoms with E-state index in [9.17, 15) is 0 Å². The molecule has 1 atom stereocenters. The summed E-state index contributed by atoms with van der Waals surface area (Å²) in [5.74, 6) is -0.614. The van der Waals surface area contributed by atoms with Gasteiger partial charge in [0.05, 0.1) is 29.5 Å². The molecule has 1 saturated heterocycles. The van der Waals surface area contributed by atoms with Crippen molar-refractivity contribution < 1.29 is 13.5 Å². The zero-order valence-corrected chi connectivity index (χ0v) is 20.6. The van der Waals surface area contributed by atoms with Crippen molar-refractivity contribution in [1.29, 1.82) is 0 Å². The lowest BCUT2D eigenvalue weighted by molar-refractivity contribution is 0.188. The number of aromatic nitrogens is 2. The average molecular weight is 501 g/mol. The lowest BCUT2D eigenvalue weighted by Gasteiger charge is -2.44. The van der Waals surface area contributed by atoms with Gasteiger partial charge in [-0.3, -0.25) is 5.10 Å². The molecule has 0 radical (unpaired) electrons. The Hall–Kier alpha value is -4.00. The van der Waals surface area contributed by atoms with Gasteiger partial charge < -0.3 is 19.9 Å². The summed E-state index contributed by atoms with van der Waals surface area (Å²) in [5, 5.41) is 11.1. The summed E-state index contributed by atoms with van der Waals surface area (Å²) in [6, 6.07) is 12.2. The van der Waals surface area contributed by atoms with Gasteiger partial charge in [0, 0.05) is 42.7 Å². The van der Waals surface area contributed by atoms with Crippen LogP contribution in [0.25, 0.3) is 38.1 Å².